The molecule has 1 aromatic rings. The quantitative estimate of drug-likeness (QED) is 0.609. The molecule has 25 heavy (non-hydrogen) atoms. The van der Waals surface area contributed by atoms with Gasteiger partial charge in [-0.25, -0.2) is 4.99 Å². The summed E-state index contributed by atoms with van der Waals surface area (Å²) in [5.74, 6) is 1.78. The third-order valence-electron chi connectivity index (χ3n) is 4.77. The first kappa shape index (κ1) is 19.6. The molecule has 0 spiro atoms. The average Bonchev–Trinajstić information content (AvgIpc) is 2.64. The van der Waals surface area contributed by atoms with Crippen molar-refractivity contribution in [3.63, 3.8) is 0 Å². The number of aliphatic imine (C=N–C) groups is 1. The van der Waals surface area contributed by atoms with E-state index in [0.717, 1.165) is 38.2 Å². The number of benzene rings is 1. The fraction of sp³-hybridized carbons (Fsp3) is 0.650. The SMILES string of the molecule is CCNC(=NCc1ccc(N(C)C)cc1)N(C)CCC1CCOCC1. The Labute approximate surface area is 153 Å². The van der Waals surface area contributed by atoms with Gasteiger partial charge in [-0.05, 0) is 49.8 Å². The van der Waals surface area contributed by atoms with Crippen LogP contribution >= 0.6 is 0 Å². The van der Waals surface area contributed by atoms with Crippen LogP contribution in [0.5, 0.6) is 0 Å². The van der Waals surface area contributed by atoms with Crippen molar-refractivity contribution in [1.82, 2.24) is 10.2 Å². The zero-order chi connectivity index (χ0) is 18.1. The summed E-state index contributed by atoms with van der Waals surface area (Å²) in [5.41, 5.74) is 2.45. The Morgan fingerprint density at radius 1 is 1.16 bits per heavy atom. The van der Waals surface area contributed by atoms with Crippen LogP contribution in [0.15, 0.2) is 29.3 Å². The normalized spacial score (nSPS) is 15.9. The minimum Gasteiger partial charge on any atom is -0.381 e. The van der Waals surface area contributed by atoms with Gasteiger partial charge in [-0.1, -0.05) is 12.1 Å². The Morgan fingerprint density at radius 2 is 1.84 bits per heavy atom. The molecule has 0 aliphatic carbocycles. The van der Waals surface area contributed by atoms with Crippen molar-refractivity contribution in [3.05, 3.63) is 29.8 Å². The average molecular weight is 347 g/mol. The number of rotatable bonds is 7. The number of ether oxygens (including phenoxy) is 1. The van der Waals surface area contributed by atoms with Crippen LogP contribution < -0.4 is 10.2 Å². The monoisotopic (exact) mass is 346 g/mol. The summed E-state index contributed by atoms with van der Waals surface area (Å²) in [7, 11) is 6.25. The zero-order valence-electron chi connectivity index (χ0n) is 16.3. The highest BCUT2D eigenvalue weighted by Crippen LogP contribution is 2.18. The van der Waals surface area contributed by atoms with E-state index in [1.165, 1.54) is 30.5 Å². The fourth-order valence-corrected chi connectivity index (χ4v) is 3.05. The van der Waals surface area contributed by atoms with Crippen LogP contribution in [0.25, 0.3) is 0 Å². The maximum atomic E-state index is 5.45. The van der Waals surface area contributed by atoms with E-state index in [9.17, 15) is 0 Å². The summed E-state index contributed by atoms with van der Waals surface area (Å²) in [6.07, 6.45) is 3.60. The van der Waals surface area contributed by atoms with Crippen LogP contribution in [0.3, 0.4) is 0 Å². The van der Waals surface area contributed by atoms with Gasteiger partial charge in [0.2, 0.25) is 0 Å². The second-order valence-electron chi connectivity index (χ2n) is 7.00. The third kappa shape index (κ3) is 6.58. The molecule has 1 saturated heterocycles. The number of nitrogens with one attached hydrogen (secondary N) is 1. The van der Waals surface area contributed by atoms with Gasteiger partial charge in [0.15, 0.2) is 5.96 Å². The Morgan fingerprint density at radius 3 is 2.44 bits per heavy atom. The Balaban J connectivity index is 1.89. The van der Waals surface area contributed by atoms with Crippen molar-refractivity contribution >= 4 is 11.6 Å². The molecule has 1 N–H and O–H groups in total. The number of hydrogen-bond donors (Lipinski definition) is 1. The lowest BCUT2D eigenvalue weighted by Crippen LogP contribution is -2.40. The first-order valence-corrected chi connectivity index (χ1v) is 9.43. The van der Waals surface area contributed by atoms with Crippen LogP contribution in [-0.2, 0) is 11.3 Å². The molecular weight excluding hydrogens is 312 g/mol. The molecule has 0 radical (unpaired) electrons. The van der Waals surface area contributed by atoms with E-state index in [4.69, 9.17) is 9.73 Å². The number of hydrogen-bond acceptors (Lipinski definition) is 3. The van der Waals surface area contributed by atoms with Crippen LogP contribution in [0.4, 0.5) is 5.69 Å². The first-order valence-electron chi connectivity index (χ1n) is 9.43. The van der Waals surface area contributed by atoms with Crippen LogP contribution in [0.2, 0.25) is 0 Å². The molecule has 5 heteroatoms. The van der Waals surface area contributed by atoms with Gasteiger partial charge < -0.3 is 19.9 Å². The third-order valence-corrected chi connectivity index (χ3v) is 4.77. The smallest absolute Gasteiger partial charge is 0.193 e. The number of nitrogens with zero attached hydrogens (tertiary/aromatic N) is 3. The molecule has 0 amide bonds. The van der Waals surface area contributed by atoms with Crippen molar-refractivity contribution in [2.45, 2.75) is 32.7 Å². The molecule has 1 aliphatic heterocycles. The van der Waals surface area contributed by atoms with Crippen molar-refractivity contribution in [3.8, 4) is 0 Å². The molecule has 140 valence electrons. The van der Waals surface area contributed by atoms with E-state index in [-0.39, 0.29) is 0 Å². The number of guanidine groups is 1. The van der Waals surface area contributed by atoms with Gasteiger partial charge in [0.05, 0.1) is 6.54 Å². The summed E-state index contributed by atoms with van der Waals surface area (Å²) in [4.78, 5) is 9.18. The largest absolute Gasteiger partial charge is 0.381 e. The van der Waals surface area contributed by atoms with Crippen molar-refractivity contribution < 1.29 is 4.74 Å². The molecule has 2 rings (SSSR count). The maximum absolute atomic E-state index is 5.45. The van der Waals surface area contributed by atoms with Gasteiger partial charge in [-0.2, -0.15) is 0 Å². The van der Waals surface area contributed by atoms with Crippen molar-refractivity contribution in [1.29, 1.82) is 0 Å². The van der Waals surface area contributed by atoms with E-state index in [1.807, 2.05) is 0 Å². The van der Waals surface area contributed by atoms with Crippen molar-refractivity contribution in [2.24, 2.45) is 10.9 Å². The summed E-state index contributed by atoms with van der Waals surface area (Å²) >= 11 is 0. The predicted octanol–water partition coefficient (Wildman–Crippen LogP) is 2.97. The second-order valence-corrected chi connectivity index (χ2v) is 7.00. The molecular formula is C20H34N4O. The molecule has 0 unspecified atom stereocenters. The van der Waals surface area contributed by atoms with Gasteiger partial charge in [-0.15, -0.1) is 0 Å². The lowest BCUT2D eigenvalue weighted by atomic mass is 9.96. The molecule has 5 nitrogen and oxygen atoms in total. The Kier molecular flexibility index (Phi) is 8.06. The summed E-state index contributed by atoms with van der Waals surface area (Å²) < 4.78 is 5.45. The highest BCUT2D eigenvalue weighted by molar-refractivity contribution is 5.79. The molecule has 0 aromatic heterocycles. The van der Waals surface area contributed by atoms with Crippen molar-refractivity contribution in [2.75, 3.05) is 52.3 Å². The van der Waals surface area contributed by atoms with E-state index >= 15 is 0 Å². The van der Waals surface area contributed by atoms with E-state index in [0.29, 0.717) is 6.54 Å². The maximum Gasteiger partial charge on any atom is 0.193 e. The summed E-state index contributed by atoms with van der Waals surface area (Å²) in [6.45, 7) is 6.60. The molecule has 1 aromatic carbocycles. The van der Waals surface area contributed by atoms with Gasteiger partial charge >= 0.3 is 0 Å². The summed E-state index contributed by atoms with van der Waals surface area (Å²) in [5, 5.41) is 3.41. The minimum absolute atomic E-state index is 0.706. The minimum atomic E-state index is 0.706. The predicted molar refractivity (Wildman–Crippen MR) is 106 cm³/mol. The molecule has 1 aliphatic rings. The van der Waals surface area contributed by atoms with Gasteiger partial charge in [0.1, 0.15) is 0 Å². The molecule has 0 atom stereocenters. The van der Waals surface area contributed by atoms with Crippen LogP contribution in [-0.4, -0.2) is 58.3 Å². The Hall–Kier alpha value is -1.75. The van der Waals surface area contributed by atoms with E-state index in [2.05, 4.69) is 67.4 Å². The highest BCUT2D eigenvalue weighted by atomic mass is 16.5. The lowest BCUT2D eigenvalue weighted by Gasteiger charge is -2.26. The van der Waals surface area contributed by atoms with Crippen LogP contribution in [0.1, 0.15) is 31.7 Å². The lowest BCUT2D eigenvalue weighted by molar-refractivity contribution is 0.0625. The molecule has 1 heterocycles. The fourth-order valence-electron chi connectivity index (χ4n) is 3.05. The first-order chi connectivity index (χ1) is 12.1. The summed E-state index contributed by atoms with van der Waals surface area (Å²) in [6, 6.07) is 8.61. The standard InChI is InChI=1S/C20H34N4O/c1-5-21-20(24(4)13-10-17-11-14-25-15-12-17)22-16-18-6-8-19(9-7-18)23(2)3/h6-9,17H,5,10-16H2,1-4H3,(H,21,22). The number of anilines is 1. The van der Waals surface area contributed by atoms with Crippen LogP contribution in [0, 0.1) is 5.92 Å². The highest BCUT2D eigenvalue weighted by Gasteiger charge is 2.15. The van der Waals surface area contributed by atoms with E-state index < -0.39 is 0 Å². The molecule has 0 bridgehead atoms. The van der Waals surface area contributed by atoms with Gasteiger partial charge in [0.25, 0.3) is 0 Å². The Bertz CT molecular complexity index is 521. The molecule has 0 saturated carbocycles. The zero-order valence-corrected chi connectivity index (χ0v) is 16.3. The topological polar surface area (TPSA) is 40.1 Å². The van der Waals surface area contributed by atoms with Gasteiger partial charge in [-0.3, -0.25) is 0 Å². The molecule has 1 fully saturated rings. The van der Waals surface area contributed by atoms with Gasteiger partial charge in [0, 0.05) is 53.1 Å². The second kappa shape index (κ2) is 10.3. The van der Waals surface area contributed by atoms with E-state index in [1.54, 1.807) is 0 Å².